The van der Waals surface area contributed by atoms with E-state index in [1.165, 1.54) is 10.6 Å². The minimum atomic E-state index is 0.365. The molecular formula is C12H17N3S. The molecule has 1 atom stereocenters. The number of thiophene rings is 1. The van der Waals surface area contributed by atoms with Crippen LogP contribution in [-0.4, -0.2) is 16.1 Å². The zero-order valence-electron chi connectivity index (χ0n) is 9.47. The molecule has 2 N–H and O–H groups in total. The molecule has 0 aromatic carbocycles. The predicted molar refractivity (Wildman–Crippen MR) is 68.5 cm³/mol. The molecule has 0 aliphatic rings. The van der Waals surface area contributed by atoms with Crippen molar-refractivity contribution < 1.29 is 0 Å². The standard InChI is InChI=1S/C12H17N3S/c1-2-4-10(7-13)15-9-14-8-11(15)12-5-3-6-16-12/h3,5-6,8-10H,2,4,7,13H2,1H3. The van der Waals surface area contributed by atoms with Gasteiger partial charge in [-0.05, 0) is 17.9 Å². The van der Waals surface area contributed by atoms with Gasteiger partial charge < -0.3 is 10.3 Å². The average molecular weight is 235 g/mol. The molecule has 4 heteroatoms. The van der Waals surface area contributed by atoms with Gasteiger partial charge in [-0.15, -0.1) is 11.3 Å². The third kappa shape index (κ3) is 2.18. The fourth-order valence-corrected chi connectivity index (χ4v) is 2.65. The van der Waals surface area contributed by atoms with E-state index in [0.717, 1.165) is 12.8 Å². The van der Waals surface area contributed by atoms with Gasteiger partial charge in [0.25, 0.3) is 0 Å². The number of nitrogens with two attached hydrogens (primary N) is 1. The zero-order chi connectivity index (χ0) is 11.4. The molecule has 16 heavy (non-hydrogen) atoms. The summed E-state index contributed by atoms with van der Waals surface area (Å²) in [6, 6.07) is 4.55. The summed E-state index contributed by atoms with van der Waals surface area (Å²) < 4.78 is 2.20. The third-order valence-electron chi connectivity index (χ3n) is 2.73. The first-order valence-electron chi connectivity index (χ1n) is 5.62. The summed E-state index contributed by atoms with van der Waals surface area (Å²) in [7, 11) is 0. The van der Waals surface area contributed by atoms with Gasteiger partial charge in [-0.1, -0.05) is 19.4 Å². The molecule has 0 radical (unpaired) electrons. The molecule has 2 aromatic heterocycles. The highest BCUT2D eigenvalue weighted by molar-refractivity contribution is 7.13. The quantitative estimate of drug-likeness (QED) is 0.866. The van der Waals surface area contributed by atoms with Crippen LogP contribution < -0.4 is 5.73 Å². The van der Waals surface area contributed by atoms with Crippen molar-refractivity contribution in [1.29, 1.82) is 0 Å². The number of imidazole rings is 1. The van der Waals surface area contributed by atoms with Gasteiger partial charge in [-0.25, -0.2) is 4.98 Å². The molecule has 2 rings (SSSR count). The smallest absolute Gasteiger partial charge is 0.0954 e. The monoisotopic (exact) mass is 235 g/mol. The van der Waals surface area contributed by atoms with Crippen LogP contribution in [0.3, 0.4) is 0 Å². The highest BCUT2D eigenvalue weighted by atomic mass is 32.1. The van der Waals surface area contributed by atoms with Crippen molar-refractivity contribution in [1.82, 2.24) is 9.55 Å². The normalized spacial score (nSPS) is 12.9. The summed E-state index contributed by atoms with van der Waals surface area (Å²) in [6.07, 6.45) is 6.06. The SMILES string of the molecule is CCCC(CN)n1cncc1-c1cccs1. The van der Waals surface area contributed by atoms with Crippen molar-refractivity contribution in [3.8, 4) is 10.6 Å². The number of aromatic nitrogens is 2. The summed E-state index contributed by atoms with van der Waals surface area (Å²) in [5.74, 6) is 0. The Balaban J connectivity index is 2.31. The summed E-state index contributed by atoms with van der Waals surface area (Å²) in [6.45, 7) is 2.85. The highest BCUT2D eigenvalue weighted by Crippen LogP contribution is 2.27. The lowest BCUT2D eigenvalue weighted by Gasteiger charge is -2.18. The lowest BCUT2D eigenvalue weighted by Crippen LogP contribution is -2.19. The molecule has 0 aliphatic carbocycles. The molecule has 86 valence electrons. The van der Waals surface area contributed by atoms with Gasteiger partial charge in [0.15, 0.2) is 0 Å². The Bertz CT molecular complexity index is 419. The Morgan fingerprint density at radius 1 is 1.56 bits per heavy atom. The maximum Gasteiger partial charge on any atom is 0.0954 e. The van der Waals surface area contributed by atoms with Crippen LogP contribution in [0.4, 0.5) is 0 Å². The summed E-state index contributed by atoms with van der Waals surface area (Å²) in [4.78, 5) is 5.50. The summed E-state index contributed by atoms with van der Waals surface area (Å²) in [5, 5.41) is 2.09. The number of nitrogens with zero attached hydrogens (tertiary/aromatic N) is 2. The van der Waals surface area contributed by atoms with Gasteiger partial charge in [0.1, 0.15) is 0 Å². The van der Waals surface area contributed by atoms with Gasteiger partial charge >= 0.3 is 0 Å². The number of hydrogen-bond donors (Lipinski definition) is 1. The molecule has 2 aromatic rings. The van der Waals surface area contributed by atoms with Crippen molar-refractivity contribution >= 4 is 11.3 Å². The van der Waals surface area contributed by atoms with Crippen molar-refractivity contribution in [2.45, 2.75) is 25.8 Å². The fraction of sp³-hybridized carbons (Fsp3) is 0.417. The predicted octanol–water partition coefficient (Wildman–Crippen LogP) is 2.91. The Morgan fingerprint density at radius 2 is 2.44 bits per heavy atom. The third-order valence-corrected chi connectivity index (χ3v) is 3.62. The Labute approximate surface area is 99.9 Å². The molecule has 2 heterocycles. The molecule has 0 fully saturated rings. The number of hydrogen-bond acceptors (Lipinski definition) is 3. The lowest BCUT2D eigenvalue weighted by atomic mass is 10.1. The second kappa shape index (κ2) is 5.27. The van der Waals surface area contributed by atoms with Crippen LogP contribution in [0.5, 0.6) is 0 Å². The van der Waals surface area contributed by atoms with Crippen LogP contribution in [-0.2, 0) is 0 Å². The second-order valence-electron chi connectivity index (χ2n) is 3.84. The molecule has 0 saturated heterocycles. The van der Waals surface area contributed by atoms with Crippen LogP contribution in [0.25, 0.3) is 10.6 Å². The maximum atomic E-state index is 5.83. The van der Waals surface area contributed by atoms with E-state index in [9.17, 15) is 0 Å². The van der Waals surface area contributed by atoms with E-state index >= 15 is 0 Å². The molecule has 3 nitrogen and oxygen atoms in total. The molecule has 0 amide bonds. The Kier molecular flexibility index (Phi) is 3.74. The second-order valence-corrected chi connectivity index (χ2v) is 4.79. The molecule has 0 bridgehead atoms. The molecule has 0 aliphatic heterocycles. The molecule has 0 spiro atoms. The first kappa shape index (κ1) is 11.4. The average Bonchev–Trinajstić information content (AvgIpc) is 2.94. The minimum absolute atomic E-state index is 0.365. The van der Waals surface area contributed by atoms with Crippen molar-refractivity contribution in [2.75, 3.05) is 6.54 Å². The topological polar surface area (TPSA) is 43.8 Å². The summed E-state index contributed by atoms with van der Waals surface area (Å²) >= 11 is 1.74. The molecule has 0 saturated carbocycles. The Morgan fingerprint density at radius 3 is 3.06 bits per heavy atom. The van der Waals surface area contributed by atoms with Crippen LogP contribution >= 0.6 is 11.3 Å². The van der Waals surface area contributed by atoms with Gasteiger partial charge in [0.2, 0.25) is 0 Å². The van der Waals surface area contributed by atoms with Gasteiger partial charge in [-0.2, -0.15) is 0 Å². The summed E-state index contributed by atoms with van der Waals surface area (Å²) in [5.41, 5.74) is 7.01. The maximum absolute atomic E-state index is 5.83. The fourth-order valence-electron chi connectivity index (χ4n) is 1.91. The first-order chi connectivity index (χ1) is 7.86. The highest BCUT2D eigenvalue weighted by Gasteiger charge is 2.13. The van der Waals surface area contributed by atoms with E-state index in [1.54, 1.807) is 11.3 Å². The van der Waals surface area contributed by atoms with E-state index in [1.807, 2.05) is 12.5 Å². The molecular weight excluding hydrogens is 218 g/mol. The van der Waals surface area contributed by atoms with Crippen molar-refractivity contribution in [3.63, 3.8) is 0 Å². The number of rotatable bonds is 5. The van der Waals surface area contributed by atoms with Crippen LogP contribution in [0.2, 0.25) is 0 Å². The van der Waals surface area contributed by atoms with E-state index in [4.69, 9.17) is 5.73 Å². The largest absolute Gasteiger partial charge is 0.328 e. The Hall–Kier alpha value is -1.13. The van der Waals surface area contributed by atoms with Crippen molar-refractivity contribution in [3.05, 3.63) is 30.0 Å². The van der Waals surface area contributed by atoms with Crippen LogP contribution in [0.15, 0.2) is 30.0 Å². The van der Waals surface area contributed by atoms with Gasteiger partial charge in [0.05, 0.1) is 23.1 Å². The van der Waals surface area contributed by atoms with E-state index in [0.29, 0.717) is 12.6 Å². The van der Waals surface area contributed by atoms with Gasteiger partial charge in [0, 0.05) is 12.6 Å². The minimum Gasteiger partial charge on any atom is -0.328 e. The van der Waals surface area contributed by atoms with E-state index in [-0.39, 0.29) is 0 Å². The van der Waals surface area contributed by atoms with Gasteiger partial charge in [-0.3, -0.25) is 0 Å². The van der Waals surface area contributed by atoms with E-state index < -0.39 is 0 Å². The first-order valence-corrected chi connectivity index (χ1v) is 6.50. The lowest BCUT2D eigenvalue weighted by molar-refractivity contribution is 0.474. The van der Waals surface area contributed by atoms with E-state index in [2.05, 4.69) is 34.0 Å². The molecule has 1 unspecified atom stereocenters. The van der Waals surface area contributed by atoms with Crippen LogP contribution in [0.1, 0.15) is 25.8 Å². The zero-order valence-corrected chi connectivity index (χ0v) is 10.3. The van der Waals surface area contributed by atoms with Crippen molar-refractivity contribution in [2.24, 2.45) is 5.73 Å². The van der Waals surface area contributed by atoms with Crippen LogP contribution in [0, 0.1) is 0 Å².